The van der Waals surface area contributed by atoms with Crippen LogP contribution in [-0.2, 0) is 24.2 Å². The van der Waals surface area contributed by atoms with Gasteiger partial charge >= 0.3 is 0 Å². The van der Waals surface area contributed by atoms with Crippen LogP contribution in [0.2, 0.25) is 0 Å². The van der Waals surface area contributed by atoms with E-state index in [4.69, 9.17) is 5.73 Å². The molecule has 0 aromatic carbocycles. The molecule has 0 aliphatic heterocycles. The summed E-state index contributed by atoms with van der Waals surface area (Å²) in [6.07, 6.45) is 1.58. The van der Waals surface area contributed by atoms with E-state index < -0.39 is 0 Å². The van der Waals surface area contributed by atoms with E-state index in [2.05, 4.69) is 24.3 Å². The van der Waals surface area contributed by atoms with Crippen molar-refractivity contribution in [3.8, 4) is 0 Å². The van der Waals surface area contributed by atoms with Gasteiger partial charge < -0.3 is 11.1 Å². The van der Waals surface area contributed by atoms with Crippen LogP contribution in [0.1, 0.15) is 39.1 Å². The van der Waals surface area contributed by atoms with Crippen LogP contribution in [0.5, 0.6) is 0 Å². The highest BCUT2D eigenvalue weighted by atomic mass is 16.2. The minimum absolute atomic E-state index is 0.0106. The summed E-state index contributed by atoms with van der Waals surface area (Å²) in [5, 5.41) is 7.29. The third kappa shape index (κ3) is 3.48. The van der Waals surface area contributed by atoms with Crippen LogP contribution in [0.25, 0.3) is 0 Å². The van der Waals surface area contributed by atoms with Gasteiger partial charge in [-0.15, -0.1) is 0 Å². The number of hydrogen-bond acceptors (Lipinski definition) is 3. The van der Waals surface area contributed by atoms with Gasteiger partial charge in [0.15, 0.2) is 0 Å². The fourth-order valence-electron chi connectivity index (χ4n) is 1.84. The Morgan fingerprint density at radius 2 is 2.06 bits per heavy atom. The summed E-state index contributed by atoms with van der Waals surface area (Å²) in [4.78, 5) is 11.8. The molecule has 18 heavy (non-hydrogen) atoms. The number of carbonyl (C=O) groups excluding carboxylic acids is 1. The smallest absolute Gasteiger partial charge is 0.241 e. The lowest BCUT2D eigenvalue weighted by molar-refractivity contribution is -0.122. The average Bonchev–Trinajstić information content (AvgIpc) is 2.62. The predicted molar refractivity (Wildman–Crippen MR) is 73.2 cm³/mol. The first kappa shape index (κ1) is 14.5. The molecule has 1 amide bonds. The average molecular weight is 252 g/mol. The molecular formula is C13H24N4O. The lowest BCUT2D eigenvalue weighted by atomic mass is 10.2. The highest BCUT2D eigenvalue weighted by molar-refractivity contribution is 5.75. The quantitative estimate of drug-likeness (QED) is 0.803. The van der Waals surface area contributed by atoms with Gasteiger partial charge in [-0.25, -0.2) is 0 Å². The Kier molecular flexibility index (Phi) is 5.19. The molecule has 3 N–H and O–H groups in total. The van der Waals surface area contributed by atoms with Crippen molar-refractivity contribution in [3.63, 3.8) is 0 Å². The summed E-state index contributed by atoms with van der Waals surface area (Å²) < 4.78 is 1.73. The minimum atomic E-state index is -0.0106. The molecule has 0 spiro atoms. The van der Waals surface area contributed by atoms with Gasteiger partial charge in [0.1, 0.15) is 6.54 Å². The van der Waals surface area contributed by atoms with Crippen LogP contribution in [0.3, 0.4) is 0 Å². The van der Waals surface area contributed by atoms with E-state index in [1.165, 1.54) is 0 Å². The number of carbonyl (C=O) groups is 1. The Bertz CT molecular complexity index is 409. The molecule has 1 rings (SSSR count). The maximum absolute atomic E-state index is 11.8. The van der Waals surface area contributed by atoms with Crippen molar-refractivity contribution >= 4 is 11.6 Å². The van der Waals surface area contributed by atoms with Crippen molar-refractivity contribution in [1.29, 1.82) is 0 Å². The third-order valence-electron chi connectivity index (χ3n) is 2.85. The van der Waals surface area contributed by atoms with E-state index in [-0.39, 0.29) is 12.5 Å². The number of nitrogens with one attached hydrogen (secondary N) is 1. The zero-order valence-electron chi connectivity index (χ0n) is 11.8. The Morgan fingerprint density at radius 3 is 2.56 bits per heavy atom. The molecule has 1 heterocycles. The van der Waals surface area contributed by atoms with E-state index in [1.54, 1.807) is 4.68 Å². The topological polar surface area (TPSA) is 72.9 Å². The molecule has 5 heteroatoms. The molecule has 0 saturated carbocycles. The molecule has 0 aliphatic carbocycles. The molecule has 0 saturated heterocycles. The van der Waals surface area contributed by atoms with Crippen molar-refractivity contribution in [3.05, 3.63) is 11.4 Å². The van der Waals surface area contributed by atoms with Gasteiger partial charge in [-0.2, -0.15) is 5.10 Å². The molecule has 0 unspecified atom stereocenters. The monoisotopic (exact) mass is 252 g/mol. The number of aromatic nitrogens is 2. The van der Waals surface area contributed by atoms with Crippen molar-refractivity contribution in [2.75, 3.05) is 12.3 Å². The number of nitrogens with two attached hydrogens (primary N) is 1. The molecular weight excluding hydrogens is 228 g/mol. The Morgan fingerprint density at radius 1 is 1.39 bits per heavy atom. The lowest BCUT2D eigenvalue weighted by Gasteiger charge is -2.09. The summed E-state index contributed by atoms with van der Waals surface area (Å²) in [6.45, 7) is 9.12. The number of aryl methyl sites for hydroxylation is 1. The van der Waals surface area contributed by atoms with E-state index >= 15 is 0 Å². The van der Waals surface area contributed by atoms with Crippen LogP contribution in [0.15, 0.2) is 0 Å². The van der Waals surface area contributed by atoms with Crippen LogP contribution in [0, 0.1) is 5.92 Å². The second kappa shape index (κ2) is 6.42. The standard InChI is InChI=1S/C13H24N4O/c1-5-10-13(14)11(6-2)17(16-10)8-12(18)15-7-9(3)4/h9H,5-8,14H2,1-4H3,(H,15,18). The van der Waals surface area contributed by atoms with E-state index in [1.807, 2.05) is 13.8 Å². The number of nitrogens with zero attached hydrogens (tertiary/aromatic N) is 2. The number of nitrogen functional groups attached to an aromatic ring is 1. The molecule has 0 fully saturated rings. The zero-order chi connectivity index (χ0) is 13.7. The number of hydrogen-bond donors (Lipinski definition) is 2. The molecule has 102 valence electrons. The van der Waals surface area contributed by atoms with Gasteiger partial charge in [0, 0.05) is 6.54 Å². The number of amides is 1. The van der Waals surface area contributed by atoms with Gasteiger partial charge in [-0.1, -0.05) is 27.7 Å². The summed E-state index contributed by atoms with van der Waals surface area (Å²) in [6, 6.07) is 0. The zero-order valence-corrected chi connectivity index (χ0v) is 11.8. The predicted octanol–water partition coefficient (Wildman–Crippen LogP) is 1.36. The van der Waals surface area contributed by atoms with Crippen molar-refractivity contribution in [2.24, 2.45) is 5.92 Å². The first-order valence-corrected chi connectivity index (χ1v) is 6.60. The van der Waals surface area contributed by atoms with Crippen molar-refractivity contribution in [2.45, 2.75) is 47.1 Å². The van der Waals surface area contributed by atoms with Gasteiger partial charge in [-0.3, -0.25) is 9.48 Å². The minimum Gasteiger partial charge on any atom is -0.396 e. The van der Waals surface area contributed by atoms with Gasteiger partial charge in [0.05, 0.1) is 17.1 Å². The molecule has 1 aromatic heterocycles. The van der Waals surface area contributed by atoms with Gasteiger partial charge in [0.2, 0.25) is 5.91 Å². The number of anilines is 1. The summed E-state index contributed by atoms with van der Waals surface area (Å²) in [5.41, 5.74) is 8.57. The van der Waals surface area contributed by atoms with Crippen LogP contribution in [-0.4, -0.2) is 22.2 Å². The first-order valence-electron chi connectivity index (χ1n) is 6.60. The fraction of sp³-hybridized carbons (Fsp3) is 0.692. The fourth-order valence-corrected chi connectivity index (χ4v) is 1.84. The lowest BCUT2D eigenvalue weighted by Crippen LogP contribution is -2.31. The summed E-state index contributed by atoms with van der Waals surface area (Å²) in [5.74, 6) is 0.442. The van der Waals surface area contributed by atoms with E-state index in [0.717, 1.165) is 29.9 Å². The molecule has 1 aromatic rings. The Labute approximate surface area is 109 Å². The van der Waals surface area contributed by atoms with Crippen LogP contribution >= 0.6 is 0 Å². The van der Waals surface area contributed by atoms with Crippen molar-refractivity contribution < 1.29 is 4.79 Å². The molecule has 0 bridgehead atoms. The molecule has 0 atom stereocenters. The SMILES string of the molecule is CCc1nn(CC(=O)NCC(C)C)c(CC)c1N. The first-order chi connectivity index (χ1) is 8.49. The largest absolute Gasteiger partial charge is 0.396 e. The van der Waals surface area contributed by atoms with Crippen LogP contribution in [0.4, 0.5) is 5.69 Å². The van der Waals surface area contributed by atoms with Gasteiger partial charge in [0.25, 0.3) is 0 Å². The maximum Gasteiger partial charge on any atom is 0.241 e. The third-order valence-corrected chi connectivity index (χ3v) is 2.85. The summed E-state index contributed by atoms with van der Waals surface area (Å²) >= 11 is 0. The summed E-state index contributed by atoms with van der Waals surface area (Å²) in [7, 11) is 0. The highest BCUT2D eigenvalue weighted by Crippen LogP contribution is 2.18. The van der Waals surface area contributed by atoms with E-state index in [9.17, 15) is 4.79 Å². The Hall–Kier alpha value is -1.52. The van der Waals surface area contributed by atoms with Crippen molar-refractivity contribution in [1.82, 2.24) is 15.1 Å². The molecule has 0 radical (unpaired) electrons. The normalized spacial score (nSPS) is 10.9. The van der Waals surface area contributed by atoms with Crippen LogP contribution < -0.4 is 11.1 Å². The van der Waals surface area contributed by atoms with Gasteiger partial charge in [-0.05, 0) is 18.8 Å². The highest BCUT2D eigenvalue weighted by Gasteiger charge is 2.14. The van der Waals surface area contributed by atoms with E-state index in [0.29, 0.717) is 12.5 Å². The number of rotatable bonds is 6. The molecule has 5 nitrogen and oxygen atoms in total. The molecule has 0 aliphatic rings. The second-order valence-electron chi connectivity index (χ2n) is 4.87. The second-order valence-corrected chi connectivity index (χ2v) is 4.87. The Balaban J connectivity index is 2.74. The maximum atomic E-state index is 11.8.